The summed E-state index contributed by atoms with van der Waals surface area (Å²) in [6.45, 7) is 0.162. The van der Waals surface area contributed by atoms with E-state index in [-0.39, 0.29) is 26.3 Å². The molecule has 0 aromatic carbocycles. The standard InChI is InChI=1S/C10H20F3NO4/c1-16-4-5-17-7-9(15)6-14-2-3-18-8-10(11,12)13/h9,14-15H,2-8H2,1H3. The molecule has 0 amide bonds. The lowest BCUT2D eigenvalue weighted by molar-refractivity contribution is -0.173. The minimum Gasteiger partial charge on any atom is -0.389 e. The average molecular weight is 275 g/mol. The molecule has 0 spiro atoms. The normalized spacial score (nSPS) is 13.8. The second-order valence-corrected chi connectivity index (χ2v) is 3.59. The zero-order chi connectivity index (χ0) is 13.9. The highest BCUT2D eigenvalue weighted by molar-refractivity contribution is 4.58. The Balaban J connectivity index is 3.22. The summed E-state index contributed by atoms with van der Waals surface area (Å²) in [5, 5.41) is 12.1. The smallest absolute Gasteiger partial charge is 0.389 e. The van der Waals surface area contributed by atoms with Gasteiger partial charge in [-0.25, -0.2) is 0 Å². The summed E-state index contributed by atoms with van der Waals surface area (Å²) in [5.74, 6) is 0. The molecule has 0 radical (unpaired) electrons. The van der Waals surface area contributed by atoms with Gasteiger partial charge in [0.25, 0.3) is 0 Å². The van der Waals surface area contributed by atoms with E-state index in [0.717, 1.165) is 0 Å². The van der Waals surface area contributed by atoms with Gasteiger partial charge in [0.1, 0.15) is 6.61 Å². The van der Waals surface area contributed by atoms with E-state index in [4.69, 9.17) is 9.47 Å². The zero-order valence-corrected chi connectivity index (χ0v) is 10.3. The Bertz CT molecular complexity index is 192. The molecule has 0 aromatic rings. The van der Waals surface area contributed by atoms with Crippen LogP contribution in [0.5, 0.6) is 0 Å². The van der Waals surface area contributed by atoms with Crippen LogP contribution in [-0.4, -0.2) is 70.6 Å². The molecule has 0 aliphatic carbocycles. The molecule has 0 rings (SSSR count). The third-order valence-electron chi connectivity index (χ3n) is 1.81. The van der Waals surface area contributed by atoms with Crippen LogP contribution in [0.2, 0.25) is 0 Å². The second kappa shape index (κ2) is 10.5. The molecule has 18 heavy (non-hydrogen) atoms. The van der Waals surface area contributed by atoms with Crippen LogP contribution in [0.1, 0.15) is 0 Å². The van der Waals surface area contributed by atoms with E-state index in [1.165, 1.54) is 0 Å². The SMILES string of the molecule is COCCOCC(O)CNCCOCC(F)(F)F. The number of hydrogen-bond donors (Lipinski definition) is 2. The summed E-state index contributed by atoms with van der Waals surface area (Å²) in [7, 11) is 1.54. The fourth-order valence-corrected chi connectivity index (χ4v) is 1.02. The molecular weight excluding hydrogens is 255 g/mol. The van der Waals surface area contributed by atoms with Crippen LogP contribution < -0.4 is 5.32 Å². The van der Waals surface area contributed by atoms with Gasteiger partial charge in [-0.3, -0.25) is 0 Å². The summed E-state index contributed by atoms with van der Waals surface area (Å²) >= 11 is 0. The first-order valence-corrected chi connectivity index (χ1v) is 5.55. The van der Waals surface area contributed by atoms with Gasteiger partial charge < -0.3 is 24.6 Å². The number of alkyl halides is 3. The lowest BCUT2D eigenvalue weighted by Gasteiger charge is -2.12. The molecule has 0 saturated carbocycles. The predicted octanol–water partition coefficient (Wildman–Crippen LogP) is 0.179. The minimum absolute atomic E-state index is 0.0588. The average Bonchev–Trinajstić information content (AvgIpc) is 2.28. The van der Waals surface area contributed by atoms with Gasteiger partial charge in [0.15, 0.2) is 0 Å². The molecule has 2 N–H and O–H groups in total. The van der Waals surface area contributed by atoms with Crippen LogP contribution >= 0.6 is 0 Å². The van der Waals surface area contributed by atoms with Crippen molar-refractivity contribution in [2.45, 2.75) is 12.3 Å². The first-order valence-electron chi connectivity index (χ1n) is 5.55. The Morgan fingerprint density at radius 3 is 2.50 bits per heavy atom. The van der Waals surface area contributed by atoms with E-state index in [9.17, 15) is 18.3 Å². The number of halogens is 3. The summed E-state index contributed by atoms with van der Waals surface area (Å²) < 4.78 is 49.2. The van der Waals surface area contributed by atoms with Crippen molar-refractivity contribution in [3.63, 3.8) is 0 Å². The first-order chi connectivity index (χ1) is 8.45. The molecule has 8 heteroatoms. The molecule has 0 saturated heterocycles. The predicted molar refractivity (Wildman–Crippen MR) is 58.4 cm³/mol. The Hall–Kier alpha value is -0.410. The van der Waals surface area contributed by atoms with Crippen molar-refractivity contribution in [2.24, 2.45) is 0 Å². The van der Waals surface area contributed by atoms with E-state index >= 15 is 0 Å². The molecule has 110 valence electrons. The summed E-state index contributed by atoms with van der Waals surface area (Å²) in [5.41, 5.74) is 0. The summed E-state index contributed by atoms with van der Waals surface area (Å²) in [6.07, 6.45) is -5.00. The molecule has 1 atom stereocenters. The third kappa shape index (κ3) is 13.7. The van der Waals surface area contributed by atoms with Gasteiger partial charge in [-0.1, -0.05) is 0 Å². The van der Waals surface area contributed by atoms with Crippen LogP contribution in [0.15, 0.2) is 0 Å². The molecule has 0 aromatic heterocycles. The Morgan fingerprint density at radius 1 is 1.17 bits per heavy atom. The summed E-state index contributed by atoms with van der Waals surface area (Å²) in [6, 6.07) is 0. The first kappa shape index (κ1) is 17.6. The van der Waals surface area contributed by atoms with Crippen molar-refractivity contribution in [3.05, 3.63) is 0 Å². The van der Waals surface area contributed by atoms with Crippen LogP contribution in [0.3, 0.4) is 0 Å². The fourth-order valence-electron chi connectivity index (χ4n) is 1.02. The lowest BCUT2D eigenvalue weighted by Crippen LogP contribution is -2.33. The highest BCUT2D eigenvalue weighted by Gasteiger charge is 2.27. The van der Waals surface area contributed by atoms with Crippen LogP contribution in [-0.2, 0) is 14.2 Å². The fraction of sp³-hybridized carbons (Fsp3) is 1.00. The van der Waals surface area contributed by atoms with Gasteiger partial charge in [-0.15, -0.1) is 0 Å². The number of aliphatic hydroxyl groups is 1. The van der Waals surface area contributed by atoms with E-state index in [2.05, 4.69) is 10.1 Å². The molecular formula is C10H20F3NO4. The molecule has 0 aliphatic heterocycles. The molecule has 0 aliphatic rings. The number of hydrogen-bond acceptors (Lipinski definition) is 5. The van der Waals surface area contributed by atoms with Crippen molar-refractivity contribution in [1.82, 2.24) is 5.32 Å². The van der Waals surface area contributed by atoms with Gasteiger partial charge in [-0.2, -0.15) is 13.2 Å². The minimum atomic E-state index is -4.30. The van der Waals surface area contributed by atoms with Crippen LogP contribution in [0, 0.1) is 0 Å². The maximum absolute atomic E-state index is 11.7. The highest BCUT2D eigenvalue weighted by Crippen LogP contribution is 2.13. The number of rotatable bonds is 11. The molecule has 5 nitrogen and oxygen atoms in total. The third-order valence-corrected chi connectivity index (χ3v) is 1.81. The van der Waals surface area contributed by atoms with E-state index < -0.39 is 18.9 Å². The van der Waals surface area contributed by atoms with Crippen molar-refractivity contribution in [1.29, 1.82) is 0 Å². The molecule has 0 heterocycles. The van der Waals surface area contributed by atoms with Gasteiger partial charge in [0.2, 0.25) is 0 Å². The van der Waals surface area contributed by atoms with E-state index in [0.29, 0.717) is 13.2 Å². The van der Waals surface area contributed by atoms with Gasteiger partial charge in [0, 0.05) is 20.2 Å². The van der Waals surface area contributed by atoms with Gasteiger partial charge in [0.05, 0.1) is 32.5 Å². The maximum Gasteiger partial charge on any atom is 0.411 e. The monoisotopic (exact) mass is 275 g/mol. The number of nitrogens with one attached hydrogen (secondary N) is 1. The van der Waals surface area contributed by atoms with Crippen molar-refractivity contribution in [3.8, 4) is 0 Å². The van der Waals surface area contributed by atoms with Crippen molar-refractivity contribution < 1.29 is 32.5 Å². The number of methoxy groups -OCH3 is 1. The zero-order valence-electron chi connectivity index (χ0n) is 10.3. The molecule has 1 unspecified atom stereocenters. The molecule has 0 fully saturated rings. The Labute approximate surface area is 104 Å². The largest absolute Gasteiger partial charge is 0.411 e. The lowest BCUT2D eigenvalue weighted by atomic mass is 10.4. The van der Waals surface area contributed by atoms with Gasteiger partial charge in [-0.05, 0) is 0 Å². The Morgan fingerprint density at radius 2 is 1.89 bits per heavy atom. The van der Waals surface area contributed by atoms with Crippen LogP contribution in [0.25, 0.3) is 0 Å². The molecule has 0 bridgehead atoms. The summed E-state index contributed by atoms with van der Waals surface area (Å²) in [4.78, 5) is 0. The van der Waals surface area contributed by atoms with Crippen molar-refractivity contribution >= 4 is 0 Å². The van der Waals surface area contributed by atoms with Crippen LogP contribution in [0.4, 0.5) is 13.2 Å². The number of ether oxygens (including phenoxy) is 3. The van der Waals surface area contributed by atoms with E-state index in [1.54, 1.807) is 7.11 Å². The van der Waals surface area contributed by atoms with Crippen molar-refractivity contribution in [2.75, 3.05) is 53.2 Å². The van der Waals surface area contributed by atoms with Gasteiger partial charge >= 0.3 is 6.18 Å². The second-order valence-electron chi connectivity index (χ2n) is 3.59. The quantitative estimate of drug-likeness (QED) is 0.527. The highest BCUT2D eigenvalue weighted by atomic mass is 19.4. The van der Waals surface area contributed by atoms with E-state index in [1.807, 2.05) is 0 Å². The Kier molecular flexibility index (Phi) is 10.3. The number of aliphatic hydroxyl groups excluding tert-OH is 1. The maximum atomic E-state index is 11.7. The topological polar surface area (TPSA) is 60.0 Å².